The standard InChI is InChI=1S/C13H18FNO/c1-3-15-8-11(2)9-16-10-12-6-4-5-7-13(12)14/h4-7,15H,2-3,8-10H2,1H3. The van der Waals surface area contributed by atoms with E-state index in [9.17, 15) is 4.39 Å². The van der Waals surface area contributed by atoms with Crippen molar-refractivity contribution >= 4 is 0 Å². The van der Waals surface area contributed by atoms with Crippen LogP contribution in [-0.4, -0.2) is 19.7 Å². The summed E-state index contributed by atoms with van der Waals surface area (Å²) in [6.45, 7) is 8.30. The smallest absolute Gasteiger partial charge is 0.128 e. The molecule has 0 spiro atoms. The minimum absolute atomic E-state index is 0.222. The van der Waals surface area contributed by atoms with Crippen LogP contribution in [0.15, 0.2) is 36.4 Å². The van der Waals surface area contributed by atoms with Crippen molar-refractivity contribution in [2.24, 2.45) is 0 Å². The molecule has 0 aliphatic rings. The molecule has 0 heterocycles. The summed E-state index contributed by atoms with van der Waals surface area (Å²) in [5, 5.41) is 3.15. The Morgan fingerprint density at radius 2 is 2.19 bits per heavy atom. The molecule has 16 heavy (non-hydrogen) atoms. The van der Waals surface area contributed by atoms with Gasteiger partial charge in [-0.3, -0.25) is 0 Å². The lowest BCUT2D eigenvalue weighted by Crippen LogP contribution is -2.18. The molecule has 88 valence electrons. The Labute approximate surface area is 96.1 Å². The Morgan fingerprint density at radius 3 is 2.88 bits per heavy atom. The lowest BCUT2D eigenvalue weighted by Gasteiger charge is -2.08. The molecule has 0 saturated heterocycles. The Bertz CT molecular complexity index is 338. The predicted molar refractivity (Wildman–Crippen MR) is 63.7 cm³/mol. The molecule has 3 heteroatoms. The van der Waals surface area contributed by atoms with Gasteiger partial charge in [0.2, 0.25) is 0 Å². The lowest BCUT2D eigenvalue weighted by atomic mass is 10.2. The normalized spacial score (nSPS) is 10.4. The first-order valence-corrected chi connectivity index (χ1v) is 5.42. The van der Waals surface area contributed by atoms with E-state index in [4.69, 9.17) is 4.74 Å². The minimum atomic E-state index is -0.222. The molecule has 0 aliphatic carbocycles. The first kappa shape index (κ1) is 12.9. The van der Waals surface area contributed by atoms with Crippen LogP contribution >= 0.6 is 0 Å². The van der Waals surface area contributed by atoms with E-state index in [1.54, 1.807) is 18.2 Å². The molecule has 0 aromatic heterocycles. The van der Waals surface area contributed by atoms with Gasteiger partial charge in [-0.15, -0.1) is 0 Å². The van der Waals surface area contributed by atoms with Crippen LogP contribution in [0.1, 0.15) is 12.5 Å². The second-order valence-corrected chi connectivity index (χ2v) is 3.61. The number of likely N-dealkylation sites (N-methyl/N-ethyl adjacent to an activating group) is 1. The van der Waals surface area contributed by atoms with Gasteiger partial charge in [-0.2, -0.15) is 0 Å². The maximum atomic E-state index is 13.2. The van der Waals surface area contributed by atoms with Crippen molar-refractivity contribution in [1.82, 2.24) is 5.32 Å². The summed E-state index contributed by atoms with van der Waals surface area (Å²) in [5.41, 5.74) is 1.55. The van der Waals surface area contributed by atoms with E-state index in [1.807, 2.05) is 6.92 Å². The molecule has 0 radical (unpaired) electrons. The quantitative estimate of drug-likeness (QED) is 0.717. The van der Waals surface area contributed by atoms with Gasteiger partial charge in [0, 0.05) is 12.1 Å². The zero-order valence-corrected chi connectivity index (χ0v) is 9.63. The Hall–Kier alpha value is -1.19. The fourth-order valence-corrected chi connectivity index (χ4v) is 1.27. The van der Waals surface area contributed by atoms with Gasteiger partial charge < -0.3 is 10.1 Å². The van der Waals surface area contributed by atoms with Crippen LogP contribution in [0.2, 0.25) is 0 Å². The molecule has 0 amide bonds. The third kappa shape index (κ3) is 4.55. The first-order valence-electron chi connectivity index (χ1n) is 5.42. The summed E-state index contributed by atoms with van der Waals surface area (Å²) in [4.78, 5) is 0. The lowest BCUT2D eigenvalue weighted by molar-refractivity contribution is 0.138. The summed E-state index contributed by atoms with van der Waals surface area (Å²) >= 11 is 0. The van der Waals surface area contributed by atoms with Gasteiger partial charge in [0.15, 0.2) is 0 Å². The van der Waals surface area contributed by atoms with Crippen molar-refractivity contribution in [2.75, 3.05) is 19.7 Å². The molecule has 0 bridgehead atoms. The molecular weight excluding hydrogens is 205 g/mol. The number of hydrogen-bond donors (Lipinski definition) is 1. The van der Waals surface area contributed by atoms with Gasteiger partial charge in [0.05, 0.1) is 13.2 Å². The van der Waals surface area contributed by atoms with E-state index in [0.29, 0.717) is 12.2 Å². The topological polar surface area (TPSA) is 21.3 Å². The zero-order valence-electron chi connectivity index (χ0n) is 9.63. The molecule has 1 aromatic carbocycles. The van der Waals surface area contributed by atoms with Crippen molar-refractivity contribution in [3.8, 4) is 0 Å². The van der Waals surface area contributed by atoms with Crippen LogP contribution in [0.5, 0.6) is 0 Å². The van der Waals surface area contributed by atoms with Crippen LogP contribution in [0.25, 0.3) is 0 Å². The van der Waals surface area contributed by atoms with Crippen molar-refractivity contribution in [2.45, 2.75) is 13.5 Å². The van der Waals surface area contributed by atoms with Crippen molar-refractivity contribution in [1.29, 1.82) is 0 Å². The molecule has 0 unspecified atom stereocenters. The van der Waals surface area contributed by atoms with E-state index in [2.05, 4.69) is 11.9 Å². The zero-order chi connectivity index (χ0) is 11.8. The van der Waals surface area contributed by atoms with Crippen LogP contribution in [0, 0.1) is 5.82 Å². The molecule has 0 atom stereocenters. The van der Waals surface area contributed by atoms with Gasteiger partial charge in [-0.05, 0) is 18.2 Å². The summed E-state index contributed by atoms with van der Waals surface area (Å²) in [7, 11) is 0. The first-order chi connectivity index (χ1) is 7.74. The predicted octanol–water partition coefficient (Wildman–Crippen LogP) is 2.51. The van der Waals surface area contributed by atoms with Crippen LogP contribution in [0.4, 0.5) is 4.39 Å². The SMILES string of the molecule is C=C(CNCC)COCc1ccccc1F. The van der Waals surface area contributed by atoms with Crippen LogP contribution in [0.3, 0.4) is 0 Å². The fraction of sp³-hybridized carbons (Fsp3) is 0.385. The van der Waals surface area contributed by atoms with Crippen molar-refractivity contribution in [3.63, 3.8) is 0 Å². The molecule has 2 nitrogen and oxygen atoms in total. The highest BCUT2D eigenvalue weighted by Gasteiger charge is 2.00. The fourth-order valence-electron chi connectivity index (χ4n) is 1.27. The van der Waals surface area contributed by atoms with Crippen LogP contribution < -0.4 is 5.32 Å². The second kappa shape index (κ2) is 7.14. The molecule has 1 rings (SSSR count). The molecule has 1 aromatic rings. The van der Waals surface area contributed by atoms with E-state index in [-0.39, 0.29) is 12.4 Å². The van der Waals surface area contributed by atoms with Gasteiger partial charge in [-0.1, -0.05) is 31.7 Å². The Kier molecular flexibility index (Phi) is 5.75. The second-order valence-electron chi connectivity index (χ2n) is 3.61. The van der Waals surface area contributed by atoms with Gasteiger partial charge in [0.25, 0.3) is 0 Å². The van der Waals surface area contributed by atoms with E-state index in [0.717, 1.165) is 18.7 Å². The molecular formula is C13H18FNO. The van der Waals surface area contributed by atoms with Crippen molar-refractivity contribution in [3.05, 3.63) is 47.8 Å². The number of halogens is 1. The summed E-state index contributed by atoms with van der Waals surface area (Å²) in [6.07, 6.45) is 0. The number of ether oxygens (including phenoxy) is 1. The van der Waals surface area contributed by atoms with Crippen molar-refractivity contribution < 1.29 is 9.13 Å². The van der Waals surface area contributed by atoms with E-state index in [1.165, 1.54) is 6.07 Å². The monoisotopic (exact) mass is 223 g/mol. The van der Waals surface area contributed by atoms with Gasteiger partial charge in [-0.25, -0.2) is 4.39 Å². The van der Waals surface area contributed by atoms with Gasteiger partial charge in [0.1, 0.15) is 5.82 Å². The largest absolute Gasteiger partial charge is 0.372 e. The third-order valence-electron chi connectivity index (χ3n) is 2.15. The third-order valence-corrected chi connectivity index (χ3v) is 2.15. The molecule has 0 fully saturated rings. The summed E-state index contributed by atoms with van der Waals surface area (Å²) in [6, 6.07) is 6.63. The average Bonchev–Trinajstić information content (AvgIpc) is 2.29. The highest BCUT2D eigenvalue weighted by Crippen LogP contribution is 2.07. The Morgan fingerprint density at radius 1 is 1.44 bits per heavy atom. The molecule has 0 aliphatic heterocycles. The highest BCUT2D eigenvalue weighted by atomic mass is 19.1. The molecule has 0 saturated carbocycles. The summed E-state index contributed by atoms with van der Waals surface area (Å²) in [5.74, 6) is -0.222. The molecule has 1 N–H and O–H groups in total. The maximum absolute atomic E-state index is 13.2. The number of benzene rings is 1. The number of nitrogens with one attached hydrogen (secondary N) is 1. The van der Waals surface area contributed by atoms with Gasteiger partial charge >= 0.3 is 0 Å². The summed E-state index contributed by atoms with van der Waals surface area (Å²) < 4.78 is 18.6. The Balaban J connectivity index is 2.25. The average molecular weight is 223 g/mol. The van der Waals surface area contributed by atoms with E-state index < -0.39 is 0 Å². The number of rotatable bonds is 7. The highest BCUT2D eigenvalue weighted by molar-refractivity contribution is 5.16. The van der Waals surface area contributed by atoms with E-state index >= 15 is 0 Å². The number of hydrogen-bond acceptors (Lipinski definition) is 2. The minimum Gasteiger partial charge on any atom is -0.372 e. The maximum Gasteiger partial charge on any atom is 0.128 e. The van der Waals surface area contributed by atoms with Crippen LogP contribution in [-0.2, 0) is 11.3 Å².